The van der Waals surface area contributed by atoms with Crippen molar-refractivity contribution in [3.05, 3.63) is 45.6 Å². The maximum Gasteiger partial charge on any atom is 0.425 e. The Morgan fingerprint density at radius 2 is 1.68 bits per heavy atom. The highest BCUT2D eigenvalue weighted by atomic mass is 32.1. The number of hydrogen-bond donors (Lipinski definition) is 1. The van der Waals surface area contributed by atoms with Gasteiger partial charge in [0.1, 0.15) is 4.88 Å². The van der Waals surface area contributed by atoms with Crippen LogP contribution in [-0.2, 0) is 12.4 Å². The first-order valence-electron chi connectivity index (χ1n) is 6.50. The van der Waals surface area contributed by atoms with Gasteiger partial charge < -0.3 is 0 Å². The van der Waals surface area contributed by atoms with E-state index >= 15 is 0 Å². The lowest BCUT2D eigenvalue weighted by atomic mass is 10.2. The Balaban J connectivity index is 1.83. The summed E-state index contributed by atoms with van der Waals surface area (Å²) in [6.45, 7) is 0. The lowest BCUT2D eigenvalue weighted by molar-refractivity contribution is -0.137. The van der Waals surface area contributed by atoms with Crippen molar-refractivity contribution in [2.24, 2.45) is 0 Å². The Hall–Kier alpha value is -2.14. The molecule has 0 bridgehead atoms. The molecule has 0 aliphatic carbocycles. The van der Waals surface area contributed by atoms with E-state index in [0.29, 0.717) is 0 Å². The van der Waals surface area contributed by atoms with Gasteiger partial charge in [0.15, 0.2) is 5.13 Å². The number of thiophene rings is 1. The molecule has 0 spiro atoms. The van der Waals surface area contributed by atoms with Crippen molar-refractivity contribution in [3.63, 3.8) is 0 Å². The van der Waals surface area contributed by atoms with Gasteiger partial charge in [0, 0.05) is 0 Å². The Morgan fingerprint density at radius 3 is 2.28 bits per heavy atom. The third-order valence-corrected chi connectivity index (χ3v) is 5.11. The molecule has 0 saturated carbocycles. The lowest BCUT2D eigenvalue weighted by Gasteiger charge is -2.04. The van der Waals surface area contributed by atoms with Crippen molar-refractivity contribution in [1.29, 1.82) is 0 Å². The molecule has 2 heterocycles. The van der Waals surface area contributed by atoms with E-state index in [4.69, 9.17) is 0 Å². The second-order valence-corrected chi connectivity index (χ2v) is 6.93. The lowest BCUT2D eigenvalue weighted by Crippen LogP contribution is -2.09. The molecule has 132 valence electrons. The number of fused-ring (bicyclic) bond motifs is 1. The van der Waals surface area contributed by atoms with Crippen LogP contribution in [0, 0.1) is 0 Å². The number of anilines is 1. The highest BCUT2D eigenvalue weighted by molar-refractivity contribution is 7.22. The van der Waals surface area contributed by atoms with Gasteiger partial charge in [-0.3, -0.25) is 10.1 Å². The van der Waals surface area contributed by atoms with E-state index in [1.54, 1.807) is 0 Å². The average molecular weight is 396 g/mol. The third kappa shape index (κ3) is 3.76. The number of nitrogens with zero attached hydrogens (tertiary/aromatic N) is 1. The summed E-state index contributed by atoms with van der Waals surface area (Å²) < 4.78 is 75.9. The maximum atomic E-state index is 12.7. The van der Waals surface area contributed by atoms with Crippen LogP contribution in [0.25, 0.3) is 10.2 Å². The van der Waals surface area contributed by atoms with Crippen LogP contribution in [0.15, 0.2) is 30.3 Å². The molecule has 2 aromatic heterocycles. The Bertz CT molecular complexity index is 941. The zero-order chi connectivity index (χ0) is 18.4. The van der Waals surface area contributed by atoms with Gasteiger partial charge in [0.2, 0.25) is 0 Å². The second kappa shape index (κ2) is 5.99. The molecule has 0 atom stereocenters. The molecule has 0 radical (unpaired) electrons. The number of amides is 1. The average Bonchev–Trinajstić information content (AvgIpc) is 3.11. The fourth-order valence-electron chi connectivity index (χ4n) is 1.93. The molecule has 0 aliphatic heterocycles. The van der Waals surface area contributed by atoms with Crippen LogP contribution in [0.4, 0.5) is 31.5 Å². The number of nitrogens with one attached hydrogen (secondary N) is 1. The van der Waals surface area contributed by atoms with E-state index in [2.05, 4.69) is 10.3 Å². The molecular formula is C14H6F6N2OS2. The van der Waals surface area contributed by atoms with Gasteiger partial charge in [-0.1, -0.05) is 11.3 Å². The molecule has 0 aliphatic rings. The smallest absolute Gasteiger partial charge is 0.297 e. The van der Waals surface area contributed by atoms with Crippen molar-refractivity contribution in [3.8, 4) is 0 Å². The van der Waals surface area contributed by atoms with Gasteiger partial charge in [-0.15, -0.1) is 11.3 Å². The van der Waals surface area contributed by atoms with E-state index < -0.39 is 28.7 Å². The predicted octanol–water partition coefficient (Wildman–Crippen LogP) is 5.65. The summed E-state index contributed by atoms with van der Waals surface area (Å²) in [6, 6.07) is 4.74. The highest BCUT2D eigenvalue weighted by Crippen LogP contribution is 2.36. The van der Waals surface area contributed by atoms with Crippen LogP contribution >= 0.6 is 22.7 Å². The summed E-state index contributed by atoms with van der Waals surface area (Å²) in [5.41, 5.74) is -0.606. The predicted molar refractivity (Wildman–Crippen MR) is 81.9 cm³/mol. The number of aromatic nitrogens is 1. The molecule has 0 unspecified atom stereocenters. The number of halogens is 6. The summed E-state index contributed by atoms with van der Waals surface area (Å²) in [5.74, 6) is -0.810. The second-order valence-electron chi connectivity index (χ2n) is 4.82. The number of benzene rings is 1. The summed E-state index contributed by atoms with van der Waals surface area (Å²) in [5, 5.41) is 2.30. The largest absolute Gasteiger partial charge is 0.425 e. The number of thiazole rings is 1. The summed E-state index contributed by atoms with van der Waals surface area (Å²) >= 11 is 1.07. The number of carbonyl (C=O) groups is 1. The van der Waals surface area contributed by atoms with Crippen molar-refractivity contribution in [2.75, 3.05) is 5.32 Å². The van der Waals surface area contributed by atoms with Gasteiger partial charge in [-0.05, 0) is 30.3 Å². The molecule has 1 amide bonds. The van der Waals surface area contributed by atoms with Crippen LogP contribution < -0.4 is 5.32 Å². The summed E-state index contributed by atoms with van der Waals surface area (Å²) in [6.07, 6.45) is -9.06. The van der Waals surface area contributed by atoms with Gasteiger partial charge in [0.25, 0.3) is 5.91 Å². The van der Waals surface area contributed by atoms with Crippen molar-refractivity contribution < 1.29 is 31.1 Å². The summed E-state index contributed by atoms with van der Waals surface area (Å²) in [4.78, 5) is 14.8. The van der Waals surface area contributed by atoms with E-state index in [1.165, 1.54) is 0 Å². The minimum atomic E-state index is -4.55. The van der Waals surface area contributed by atoms with Crippen LogP contribution in [0.2, 0.25) is 0 Å². The molecule has 3 rings (SSSR count). The maximum absolute atomic E-state index is 12.7. The van der Waals surface area contributed by atoms with Gasteiger partial charge in [0.05, 0.1) is 20.7 Å². The molecule has 3 nitrogen and oxygen atoms in total. The molecular weight excluding hydrogens is 390 g/mol. The molecule has 1 N–H and O–H groups in total. The van der Waals surface area contributed by atoms with Crippen LogP contribution in [0.5, 0.6) is 0 Å². The SMILES string of the molecule is O=C(Nc1nc2ccc(C(F)(F)F)cc2s1)c1ccc(C(F)(F)F)s1. The molecule has 11 heteroatoms. The van der Waals surface area contributed by atoms with E-state index in [1.807, 2.05) is 0 Å². The van der Waals surface area contributed by atoms with Gasteiger partial charge in [-0.25, -0.2) is 4.98 Å². The number of alkyl halides is 6. The zero-order valence-electron chi connectivity index (χ0n) is 11.8. The van der Waals surface area contributed by atoms with Crippen LogP contribution in [0.1, 0.15) is 20.1 Å². The minimum absolute atomic E-state index is 0.00119. The molecule has 3 aromatic rings. The van der Waals surface area contributed by atoms with Crippen molar-refractivity contribution >= 4 is 43.9 Å². The molecule has 1 aromatic carbocycles. The van der Waals surface area contributed by atoms with Crippen molar-refractivity contribution in [1.82, 2.24) is 4.98 Å². The normalized spacial score (nSPS) is 12.6. The topological polar surface area (TPSA) is 42.0 Å². The highest BCUT2D eigenvalue weighted by Gasteiger charge is 2.33. The first-order valence-corrected chi connectivity index (χ1v) is 8.13. The van der Waals surface area contributed by atoms with Crippen LogP contribution in [-0.4, -0.2) is 10.9 Å². The van der Waals surface area contributed by atoms with Gasteiger partial charge in [-0.2, -0.15) is 26.3 Å². The zero-order valence-corrected chi connectivity index (χ0v) is 13.5. The molecule has 0 saturated heterocycles. The van der Waals surface area contributed by atoms with E-state index in [-0.39, 0.29) is 31.6 Å². The van der Waals surface area contributed by atoms with Crippen LogP contribution in [0.3, 0.4) is 0 Å². The first-order chi connectivity index (χ1) is 11.5. The monoisotopic (exact) mass is 396 g/mol. The number of carbonyl (C=O) groups excluding carboxylic acids is 1. The number of rotatable bonds is 2. The van der Waals surface area contributed by atoms with Crippen molar-refractivity contribution in [2.45, 2.75) is 12.4 Å². The van der Waals surface area contributed by atoms with E-state index in [0.717, 1.165) is 41.7 Å². The first kappa shape index (κ1) is 17.7. The quantitative estimate of drug-likeness (QED) is 0.569. The number of hydrogen-bond acceptors (Lipinski definition) is 4. The fraction of sp³-hybridized carbons (Fsp3) is 0.143. The fourth-order valence-corrected chi connectivity index (χ4v) is 3.59. The minimum Gasteiger partial charge on any atom is -0.297 e. The molecule has 0 fully saturated rings. The Labute approximate surface area is 143 Å². The van der Waals surface area contributed by atoms with Gasteiger partial charge >= 0.3 is 12.4 Å². The third-order valence-electron chi connectivity index (χ3n) is 3.05. The molecule has 25 heavy (non-hydrogen) atoms. The van der Waals surface area contributed by atoms with E-state index in [9.17, 15) is 31.1 Å². The summed E-state index contributed by atoms with van der Waals surface area (Å²) in [7, 11) is 0. The Kier molecular flexibility index (Phi) is 4.23. The Morgan fingerprint density at radius 1 is 0.960 bits per heavy atom. The standard InChI is InChI=1S/C14H6F6N2OS2/c15-13(16,17)6-1-2-7-9(5-6)25-12(21-7)22-11(23)8-3-4-10(24-8)14(18,19)20/h1-5H,(H,21,22,23).